The molecule has 0 aliphatic carbocycles. The van der Waals surface area contributed by atoms with E-state index in [0.717, 1.165) is 0 Å². The standard InChI is InChI=1S/C21H38N.C4H6O6/c1-2-3-4-5-6-7-8-9-10-11-12-13-14-16-19-22-20-17-15-18-21-22;5-1(3(7)8)2(6)4(9)10/h15,17-18,20-21H,2-14,16,19H2,1H3;1-2,5-6H,(H,7,8)(H,9,10)/q+1;/p-1. The molecule has 32 heavy (non-hydrogen) atoms. The number of pyridine rings is 1. The molecule has 1 heterocycles. The fourth-order valence-corrected chi connectivity index (χ4v) is 3.34. The third-order valence-electron chi connectivity index (χ3n) is 5.34. The third kappa shape index (κ3) is 17.7. The SMILES string of the molecule is CCCCCCCCCCCCCCCC[n+]1ccccc1.O=C([O-])C(O)C(O)C(=O)O. The molecule has 7 heteroatoms. The molecule has 0 fully saturated rings. The molecule has 0 aliphatic rings. The first-order chi connectivity index (χ1) is 15.4. The minimum Gasteiger partial charge on any atom is -0.547 e. The highest BCUT2D eigenvalue weighted by Crippen LogP contribution is 2.12. The van der Waals surface area contributed by atoms with E-state index in [4.69, 9.17) is 15.3 Å². The Morgan fingerprint density at radius 2 is 1.12 bits per heavy atom. The summed E-state index contributed by atoms with van der Waals surface area (Å²) in [6.45, 7) is 3.47. The second-order valence-electron chi connectivity index (χ2n) is 8.26. The Bertz CT molecular complexity index is 563. The Kier molecular flexibility index (Phi) is 19.6. The zero-order valence-corrected chi connectivity index (χ0v) is 19.7. The van der Waals surface area contributed by atoms with Gasteiger partial charge in [-0.2, -0.15) is 0 Å². The summed E-state index contributed by atoms with van der Waals surface area (Å²) >= 11 is 0. The van der Waals surface area contributed by atoms with Crippen LogP contribution in [0.2, 0.25) is 0 Å². The van der Waals surface area contributed by atoms with Gasteiger partial charge in [0.2, 0.25) is 0 Å². The molecule has 2 atom stereocenters. The Morgan fingerprint density at radius 1 is 0.719 bits per heavy atom. The highest BCUT2D eigenvalue weighted by Gasteiger charge is 2.23. The van der Waals surface area contributed by atoms with Gasteiger partial charge < -0.3 is 25.2 Å². The normalized spacial score (nSPS) is 12.5. The van der Waals surface area contributed by atoms with Crippen molar-refractivity contribution in [3.8, 4) is 0 Å². The minimum atomic E-state index is -2.38. The van der Waals surface area contributed by atoms with Crippen LogP contribution in [-0.2, 0) is 16.1 Å². The van der Waals surface area contributed by atoms with E-state index in [9.17, 15) is 14.7 Å². The number of aromatic nitrogens is 1. The zero-order valence-electron chi connectivity index (χ0n) is 19.7. The lowest BCUT2D eigenvalue weighted by Crippen LogP contribution is -2.46. The summed E-state index contributed by atoms with van der Waals surface area (Å²) in [5.74, 6) is -3.83. The summed E-state index contributed by atoms with van der Waals surface area (Å²) in [5.41, 5.74) is 0. The van der Waals surface area contributed by atoms with Crippen LogP contribution in [0.25, 0.3) is 0 Å². The Hall–Kier alpha value is -1.99. The molecular weight excluding hydrogens is 410 g/mol. The molecule has 0 saturated heterocycles. The Labute approximate surface area is 193 Å². The number of aliphatic hydroxyl groups is 2. The van der Waals surface area contributed by atoms with Crippen LogP contribution in [0, 0.1) is 0 Å². The van der Waals surface area contributed by atoms with Crippen LogP contribution < -0.4 is 9.67 Å². The van der Waals surface area contributed by atoms with E-state index in [1.807, 2.05) is 0 Å². The maximum Gasteiger partial charge on any atom is 0.335 e. The van der Waals surface area contributed by atoms with Gasteiger partial charge in [0.15, 0.2) is 18.5 Å². The van der Waals surface area contributed by atoms with Gasteiger partial charge in [-0.3, -0.25) is 0 Å². The number of aryl methyl sites for hydroxylation is 1. The summed E-state index contributed by atoms with van der Waals surface area (Å²) in [6.07, 6.45) is 19.7. The second-order valence-corrected chi connectivity index (χ2v) is 8.26. The lowest BCUT2D eigenvalue weighted by Gasteiger charge is -2.13. The molecule has 0 spiro atoms. The molecule has 3 N–H and O–H groups in total. The molecule has 1 aromatic heterocycles. The number of nitrogens with zero attached hydrogens (tertiary/aromatic N) is 1. The fraction of sp³-hybridized carbons (Fsp3) is 0.720. The molecule has 184 valence electrons. The molecule has 0 bridgehead atoms. The fourth-order valence-electron chi connectivity index (χ4n) is 3.34. The van der Waals surface area contributed by atoms with Gasteiger partial charge in [0.1, 0.15) is 12.6 Å². The molecule has 0 saturated carbocycles. The number of carbonyl (C=O) groups excluding carboxylic acids is 1. The largest absolute Gasteiger partial charge is 0.547 e. The monoisotopic (exact) mass is 453 g/mol. The summed E-state index contributed by atoms with van der Waals surface area (Å²) < 4.78 is 2.29. The third-order valence-corrected chi connectivity index (χ3v) is 5.34. The number of hydrogen-bond donors (Lipinski definition) is 3. The quantitative estimate of drug-likeness (QED) is 0.232. The number of unbranched alkanes of at least 4 members (excludes halogenated alkanes) is 13. The number of hydrogen-bond acceptors (Lipinski definition) is 5. The van der Waals surface area contributed by atoms with Crippen molar-refractivity contribution in [2.45, 2.75) is 116 Å². The van der Waals surface area contributed by atoms with Gasteiger partial charge in [-0.25, -0.2) is 9.36 Å². The van der Waals surface area contributed by atoms with Gasteiger partial charge in [-0.1, -0.05) is 90.0 Å². The maximum absolute atomic E-state index is 9.74. The van der Waals surface area contributed by atoms with Gasteiger partial charge in [0, 0.05) is 18.6 Å². The van der Waals surface area contributed by atoms with Crippen molar-refractivity contribution in [3.05, 3.63) is 30.6 Å². The van der Waals surface area contributed by atoms with Crippen molar-refractivity contribution in [1.82, 2.24) is 0 Å². The average Bonchev–Trinajstić information content (AvgIpc) is 2.79. The zero-order chi connectivity index (χ0) is 24.0. The highest BCUT2D eigenvalue weighted by atomic mass is 16.4. The first kappa shape index (κ1) is 30.0. The lowest BCUT2D eigenvalue weighted by atomic mass is 10.0. The van der Waals surface area contributed by atoms with Crippen LogP contribution in [0.1, 0.15) is 96.8 Å². The summed E-state index contributed by atoms with van der Waals surface area (Å²) in [7, 11) is 0. The van der Waals surface area contributed by atoms with E-state index < -0.39 is 24.1 Å². The molecule has 0 amide bonds. The predicted molar refractivity (Wildman–Crippen MR) is 122 cm³/mol. The number of aliphatic hydroxyl groups excluding tert-OH is 2. The molecule has 7 nitrogen and oxygen atoms in total. The van der Waals surface area contributed by atoms with Crippen molar-refractivity contribution in [1.29, 1.82) is 0 Å². The lowest BCUT2D eigenvalue weighted by molar-refractivity contribution is -0.697. The van der Waals surface area contributed by atoms with E-state index in [1.54, 1.807) is 0 Å². The van der Waals surface area contributed by atoms with Crippen LogP contribution in [-0.4, -0.2) is 39.5 Å². The van der Waals surface area contributed by atoms with Gasteiger partial charge in [-0.05, 0) is 6.42 Å². The summed E-state index contributed by atoms with van der Waals surface area (Å²) in [6, 6.07) is 6.31. The van der Waals surface area contributed by atoms with Gasteiger partial charge in [-0.15, -0.1) is 0 Å². The number of rotatable bonds is 18. The predicted octanol–water partition coefficient (Wildman–Crippen LogP) is 3.00. The van der Waals surface area contributed by atoms with E-state index in [2.05, 4.69) is 42.1 Å². The van der Waals surface area contributed by atoms with Crippen molar-refractivity contribution in [3.63, 3.8) is 0 Å². The van der Waals surface area contributed by atoms with Crippen LogP contribution in [0.3, 0.4) is 0 Å². The van der Waals surface area contributed by atoms with Crippen molar-refractivity contribution in [2.75, 3.05) is 0 Å². The first-order valence-corrected chi connectivity index (χ1v) is 12.1. The number of carbonyl (C=O) groups is 2. The van der Waals surface area contributed by atoms with E-state index in [1.165, 1.54) is 96.4 Å². The van der Waals surface area contributed by atoms with Crippen LogP contribution in [0.4, 0.5) is 0 Å². The smallest absolute Gasteiger partial charge is 0.335 e. The average molecular weight is 454 g/mol. The van der Waals surface area contributed by atoms with Crippen molar-refractivity contribution >= 4 is 11.9 Å². The van der Waals surface area contributed by atoms with Crippen LogP contribution in [0.15, 0.2) is 30.6 Å². The van der Waals surface area contributed by atoms with Gasteiger partial charge >= 0.3 is 5.97 Å². The number of carboxylic acids is 2. The van der Waals surface area contributed by atoms with Crippen molar-refractivity contribution in [2.24, 2.45) is 0 Å². The topological polar surface area (TPSA) is 122 Å². The van der Waals surface area contributed by atoms with Crippen LogP contribution in [0.5, 0.6) is 0 Å². The minimum absolute atomic E-state index is 1.18. The molecule has 1 aromatic rings. The summed E-state index contributed by atoms with van der Waals surface area (Å²) in [4.78, 5) is 19.4. The Balaban J connectivity index is 0.000000809. The molecule has 2 unspecified atom stereocenters. The number of carboxylic acid groups (broad SMARTS) is 2. The van der Waals surface area contributed by atoms with Crippen molar-refractivity contribution < 1.29 is 34.6 Å². The maximum atomic E-state index is 9.74. The van der Waals surface area contributed by atoms with E-state index >= 15 is 0 Å². The molecule has 1 rings (SSSR count). The van der Waals surface area contributed by atoms with Crippen LogP contribution >= 0.6 is 0 Å². The summed E-state index contributed by atoms with van der Waals surface area (Å²) in [5, 5.41) is 34.1. The van der Waals surface area contributed by atoms with Gasteiger partial charge in [0.25, 0.3) is 0 Å². The molecule has 0 radical (unpaired) electrons. The highest BCUT2D eigenvalue weighted by molar-refractivity contribution is 5.82. The number of aliphatic carboxylic acids is 2. The second kappa shape index (κ2) is 20.9. The van der Waals surface area contributed by atoms with E-state index in [-0.39, 0.29) is 0 Å². The van der Waals surface area contributed by atoms with Gasteiger partial charge in [0.05, 0.1) is 5.97 Å². The van der Waals surface area contributed by atoms with E-state index in [0.29, 0.717) is 0 Å². The first-order valence-electron chi connectivity index (χ1n) is 12.1. The molecular formula is C25H43NO6. The Morgan fingerprint density at radius 3 is 1.47 bits per heavy atom. The molecule has 0 aromatic carbocycles. The molecule has 0 aliphatic heterocycles.